The van der Waals surface area contributed by atoms with Gasteiger partial charge in [0.2, 0.25) is 0 Å². The van der Waals surface area contributed by atoms with Gasteiger partial charge in [0, 0.05) is 30.7 Å². The highest BCUT2D eigenvalue weighted by atomic mass is 32.1. The van der Waals surface area contributed by atoms with E-state index in [2.05, 4.69) is 15.2 Å². The molecule has 4 nitrogen and oxygen atoms in total. The third-order valence-electron chi connectivity index (χ3n) is 3.26. The molecule has 2 aromatic heterocycles. The predicted octanol–water partition coefficient (Wildman–Crippen LogP) is 2.60. The molecule has 1 saturated heterocycles. The molecule has 0 aromatic carbocycles. The van der Waals surface area contributed by atoms with Crippen molar-refractivity contribution in [3.63, 3.8) is 0 Å². The first-order chi connectivity index (χ1) is 9.33. The van der Waals surface area contributed by atoms with Crippen molar-refractivity contribution < 1.29 is 4.79 Å². The van der Waals surface area contributed by atoms with E-state index in [0.717, 1.165) is 35.9 Å². The van der Waals surface area contributed by atoms with Crippen LogP contribution in [0.2, 0.25) is 0 Å². The molecule has 3 heterocycles. The van der Waals surface area contributed by atoms with Crippen molar-refractivity contribution in [1.82, 2.24) is 10.3 Å². The maximum Gasteiger partial charge on any atom is 0.261 e. The van der Waals surface area contributed by atoms with E-state index in [1.807, 2.05) is 29.1 Å². The van der Waals surface area contributed by atoms with Gasteiger partial charge in [-0.2, -0.15) is 0 Å². The number of hydrogen-bond donors (Lipinski definition) is 1. The number of amides is 1. The normalized spacial score (nSPS) is 16.5. The van der Waals surface area contributed by atoms with Crippen molar-refractivity contribution in [2.24, 2.45) is 0 Å². The van der Waals surface area contributed by atoms with Crippen molar-refractivity contribution in [2.75, 3.05) is 18.0 Å². The van der Waals surface area contributed by atoms with Crippen LogP contribution >= 0.6 is 22.7 Å². The minimum atomic E-state index is 0.0581. The van der Waals surface area contributed by atoms with Crippen LogP contribution in [0, 0.1) is 0 Å². The number of thiophene rings is 1. The lowest BCUT2D eigenvalue weighted by Gasteiger charge is -2.32. The zero-order chi connectivity index (χ0) is 13.1. The molecule has 0 unspecified atom stereocenters. The van der Waals surface area contributed by atoms with Crippen LogP contribution in [0.25, 0.3) is 0 Å². The second-order valence-corrected chi connectivity index (χ2v) is 6.35. The lowest BCUT2D eigenvalue weighted by molar-refractivity contribution is 0.0935. The number of hydrogen-bond acceptors (Lipinski definition) is 5. The summed E-state index contributed by atoms with van der Waals surface area (Å²) in [5.74, 6) is 0.0581. The Morgan fingerprint density at radius 1 is 1.32 bits per heavy atom. The summed E-state index contributed by atoms with van der Waals surface area (Å²) in [4.78, 5) is 19.4. The molecule has 1 fully saturated rings. The Bertz CT molecular complexity index is 516. The molecule has 1 aliphatic heterocycles. The highest BCUT2D eigenvalue weighted by molar-refractivity contribution is 7.13. The van der Waals surface area contributed by atoms with E-state index in [1.165, 1.54) is 11.3 Å². The summed E-state index contributed by atoms with van der Waals surface area (Å²) < 4.78 is 0. The number of anilines is 1. The van der Waals surface area contributed by atoms with Gasteiger partial charge in [-0.1, -0.05) is 6.07 Å². The number of carbonyl (C=O) groups excluding carboxylic acids is 1. The van der Waals surface area contributed by atoms with Crippen LogP contribution in [0.15, 0.2) is 29.1 Å². The number of rotatable bonds is 3. The molecular weight excluding hydrogens is 278 g/mol. The molecule has 100 valence electrons. The monoisotopic (exact) mass is 293 g/mol. The summed E-state index contributed by atoms with van der Waals surface area (Å²) in [5.41, 5.74) is 0. The SMILES string of the molecule is O=C(NC1CCN(c2nccs2)CC1)c1cccs1. The average molecular weight is 293 g/mol. The first-order valence-electron chi connectivity index (χ1n) is 6.32. The number of nitrogens with zero attached hydrogens (tertiary/aromatic N) is 2. The van der Waals surface area contributed by atoms with E-state index >= 15 is 0 Å². The fourth-order valence-electron chi connectivity index (χ4n) is 2.25. The summed E-state index contributed by atoms with van der Waals surface area (Å²) in [7, 11) is 0. The molecule has 0 aliphatic carbocycles. The topological polar surface area (TPSA) is 45.2 Å². The van der Waals surface area contributed by atoms with E-state index in [4.69, 9.17) is 0 Å². The number of piperidine rings is 1. The Kier molecular flexibility index (Phi) is 3.79. The Labute approximate surface area is 120 Å². The summed E-state index contributed by atoms with van der Waals surface area (Å²) in [5, 5.41) is 8.13. The van der Waals surface area contributed by atoms with Gasteiger partial charge in [-0.25, -0.2) is 4.98 Å². The molecule has 0 bridgehead atoms. The van der Waals surface area contributed by atoms with Crippen molar-refractivity contribution in [1.29, 1.82) is 0 Å². The maximum atomic E-state index is 12.0. The van der Waals surface area contributed by atoms with Crippen molar-refractivity contribution in [3.8, 4) is 0 Å². The molecule has 0 spiro atoms. The van der Waals surface area contributed by atoms with Gasteiger partial charge in [0.05, 0.1) is 4.88 Å². The van der Waals surface area contributed by atoms with Gasteiger partial charge in [0.1, 0.15) is 0 Å². The molecule has 3 rings (SSSR count). The second kappa shape index (κ2) is 5.71. The van der Waals surface area contributed by atoms with Gasteiger partial charge in [-0.15, -0.1) is 22.7 Å². The fraction of sp³-hybridized carbons (Fsp3) is 0.385. The highest BCUT2D eigenvalue weighted by Gasteiger charge is 2.22. The van der Waals surface area contributed by atoms with E-state index < -0.39 is 0 Å². The number of thiazole rings is 1. The Hall–Kier alpha value is -1.40. The van der Waals surface area contributed by atoms with Crippen LogP contribution in [0.3, 0.4) is 0 Å². The summed E-state index contributed by atoms with van der Waals surface area (Å²) in [6.45, 7) is 1.92. The molecule has 1 N–H and O–H groups in total. The number of carbonyl (C=O) groups is 1. The third kappa shape index (κ3) is 2.96. The molecule has 0 radical (unpaired) electrons. The molecule has 19 heavy (non-hydrogen) atoms. The van der Waals surface area contributed by atoms with Crippen molar-refractivity contribution >= 4 is 33.7 Å². The van der Waals surface area contributed by atoms with E-state index in [1.54, 1.807) is 11.3 Å². The largest absolute Gasteiger partial charge is 0.348 e. The second-order valence-electron chi connectivity index (χ2n) is 4.53. The summed E-state index contributed by atoms with van der Waals surface area (Å²) in [6.07, 6.45) is 3.80. The molecule has 6 heteroatoms. The molecule has 1 amide bonds. The smallest absolute Gasteiger partial charge is 0.261 e. The van der Waals surface area contributed by atoms with Gasteiger partial charge >= 0.3 is 0 Å². The van der Waals surface area contributed by atoms with Crippen molar-refractivity contribution in [3.05, 3.63) is 34.0 Å². The summed E-state index contributed by atoms with van der Waals surface area (Å²) >= 11 is 3.16. The van der Waals surface area contributed by atoms with Crippen LogP contribution < -0.4 is 10.2 Å². The van der Waals surface area contributed by atoms with Gasteiger partial charge in [-0.3, -0.25) is 4.79 Å². The lowest BCUT2D eigenvalue weighted by Crippen LogP contribution is -2.44. The number of aromatic nitrogens is 1. The minimum absolute atomic E-state index is 0.0581. The molecule has 1 aliphatic rings. The van der Waals surface area contributed by atoms with Crippen LogP contribution in [0.1, 0.15) is 22.5 Å². The fourth-order valence-corrected chi connectivity index (χ4v) is 3.58. The molecule has 0 atom stereocenters. The standard InChI is InChI=1S/C13H15N3OS2/c17-12(11-2-1-8-18-11)15-10-3-6-16(7-4-10)13-14-5-9-19-13/h1-2,5,8-10H,3-4,6-7H2,(H,15,17). The predicted molar refractivity (Wildman–Crippen MR) is 79.1 cm³/mol. The third-order valence-corrected chi connectivity index (χ3v) is 4.97. The van der Waals surface area contributed by atoms with Gasteiger partial charge < -0.3 is 10.2 Å². The first kappa shape index (κ1) is 12.6. The zero-order valence-electron chi connectivity index (χ0n) is 10.4. The molecular formula is C13H15N3OS2. The maximum absolute atomic E-state index is 12.0. The Balaban J connectivity index is 1.52. The van der Waals surface area contributed by atoms with E-state index in [-0.39, 0.29) is 11.9 Å². The molecule has 2 aromatic rings. The van der Waals surface area contributed by atoms with Crippen LogP contribution in [-0.2, 0) is 0 Å². The van der Waals surface area contributed by atoms with E-state index in [9.17, 15) is 4.79 Å². The van der Waals surface area contributed by atoms with Gasteiger partial charge in [-0.05, 0) is 24.3 Å². The van der Waals surface area contributed by atoms with Crippen LogP contribution in [-0.4, -0.2) is 30.0 Å². The number of nitrogens with one attached hydrogen (secondary N) is 1. The van der Waals surface area contributed by atoms with E-state index in [0.29, 0.717) is 0 Å². The minimum Gasteiger partial charge on any atom is -0.348 e. The Morgan fingerprint density at radius 2 is 2.16 bits per heavy atom. The molecule has 0 saturated carbocycles. The Morgan fingerprint density at radius 3 is 2.79 bits per heavy atom. The average Bonchev–Trinajstić information content (AvgIpc) is 3.13. The van der Waals surface area contributed by atoms with Gasteiger partial charge in [0.15, 0.2) is 5.13 Å². The summed E-state index contributed by atoms with van der Waals surface area (Å²) in [6, 6.07) is 4.06. The first-order valence-corrected chi connectivity index (χ1v) is 8.07. The van der Waals surface area contributed by atoms with Crippen LogP contribution in [0.5, 0.6) is 0 Å². The van der Waals surface area contributed by atoms with Crippen molar-refractivity contribution in [2.45, 2.75) is 18.9 Å². The lowest BCUT2D eigenvalue weighted by atomic mass is 10.1. The quantitative estimate of drug-likeness (QED) is 0.946. The zero-order valence-corrected chi connectivity index (χ0v) is 12.0. The highest BCUT2D eigenvalue weighted by Crippen LogP contribution is 2.22. The van der Waals surface area contributed by atoms with Gasteiger partial charge in [0.25, 0.3) is 5.91 Å². The van der Waals surface area contributed by atoms with Crippen LogP contribution in [0.4, 0.5) is 5.13 Å².